The lowest BCUT2D eigenvalue weighted by atomic mass is 10.0. The van der Waals surface area contributed by atoms with Crippen molar-refractivity contribution >= 4 is 34.1 Å². The topological polar surface area (TPSA) is 129 Å². The van der Waals surface area contributed by atoms with Gasteiger partial charge in [-0.1, -0.05) is 48.2 Å². The molecule has 194 valence electrons. The van der Waals surface area contributed by atoms with Crippen LogP contribution in [0.5, 0.6) is 0 Å². The first-order valence-electron chi connectivity index (χ1n) is 12.8. The largest absolute Gasteiger partial charge is 0.383 e. The number of aromatic nitrogens is 7. The van der Waals surface area contributed by atoms with Gasteiger partial charge in [-0.2, -0.15) is 5.10 Å². The Morgan fingerprint density at radius 1 is 0.974 bits per heavy atom. The van der Waals surface area contributed by atoms with E-state index in [-0.39, 0.29) is 11.9 Å². The third-order valence-corrected chi connectivity index (χ3v) is 8.79. The second kappa shape index (κ2) is 9.35. The highest BCUT2D eigenvalue weighted by atomic mass is 32.1. The fourth-order valence-electron chi connectivity index (χ4n) is 5.93. The van der Waals surface area contributed by atoms with Gasteiger partial charge in [0.15, 0.2) is 10.7 Å². The van der Waals surface area contributed by atoms with E-state index in [1.54, 1.807) is 6.20 Å². The summed E-state index contributed by atoms with van der Waals surface area (Å²) in [5, 5.41) is 16.1. The summed E-state index contributed by atoms with van der Waals surface area (Å²) in [6.07, 6.45) is 6.54. The van der Waals surface area contributed by atoms with E-state index in [1.807, 2.05) is 52.0 Å². The van der Waals surface area contributed by atoms with Gasteiger partial charge in [0, 0.05) is 30.4 Å². The van der Waals surface area contributed by atoms with Crippen LogP contribution in [0.15, 0.2) is 67.6 Å². The minimum absolute atomic E-state index is 0.0122. The smallest absolute Gasteiger partial charge is 0.245 e. The zero-order valence-corrected chi connectivity index (χ0v) is 21.8. The average molecular weight is 536 g/mol. The van der Waals surface area contributed by atoms with Crippen molar-refractivity contribution in [2.75, 3.05) is 18.8 Å². The first-order valence-corrected chi connectivity index (χ1v) is 13.7. The molecular weight excluding hydrogens is 510 g/mol. The highest BCUT2D eigenvalue weighted by Crippen LogP contribution is 2.45. The van der Waals surface area contributed by atoms with Crippen LogP contribution in [0.1, 0.15) is 18.9 Å². The zero-order valence-electron chi connectivity index (χ0n) is 21.0. The van der Waals surface area contributed by atoms with E-state index in [2.05, 4.69) is 31.7 Å². The Hall–Kier alpha value is -4.51. The number of nitrogen functional groups attached to an aromatic ring is 1. The summed E-state index contributed by atoms with van der Waals surface area (Å²) in [5.74, 6) is 1.32. The lowest BCUT2D eigenvalue weighted by Crippen LogP contribution is -2.28. The Morgan fingerprint density at radius 2 is 1.72 bits per heavy atom. The molecule has 0 radical (unpaired) electrons. The summed E-state index contributed by atoms with van der Waals surface area (Å²) in [4.78, 5) is 27.2. The Kier molecular flexibility index (Phi) is 5.66. The van der Waals surface area contributed by atoms with Crippen LogP contribution < -0.4 is 5.73 Å². The molecule has 2 aliphatic rings. The molecule has 11 heteroatoms. The second-order valence-corrected chi connectivity index (χ2v) is 11.0. The molecule has 1 aromatic carbocycles. The van der Waals surface area contributed by atoms with Gasteiger partial charge in [0.05, 0.1) is 11.4 Å². The minimum atomic E-state index is 0.0122. The van der Waals surface area contributed by atoms with Crippen LogP contribution in [0.2, 0.25) is 0 Å². The van der Waals surface area contributed by atoms with E-state index >= 15 is 0 Å². The SMILES string of the molecule is C=CC(=O)N1CC2CC(n3nc(-c4ccc(-c5nnc(-c6ccccn6)s5)cc4)c4c(N)ncnc43)CC2C1. The van der Waals surface area contributed by atoms with Crippen molar-refractivity contribution in [2.45, 2.75) is 18.9 Å². The quantitative estimate of drug-likeness (QED) is 0.331. The zero-order chi connectivity index (χ0) is 26.5. The molecular formula is C28H25N9OS. The van der Waals surface area contributed by atoms with Gasteiger partial charge in [-0.3, -0.25) is 9.78 Å². The van der Waals surface area contributed by atoms with Gasteiger partial charge in [0.2, 0.25) is 5.91 Å². The van der Waals surface area contributed by atoms with Crippen molar-refractivity contribution in [3.05, 3.63) is 67.6 Å². The van der Waals surface area contributed by atoms with Crippen LogP contribution >= 0.6 is 11.3 Å². The van der Waals surface area contributed by atoms with Gasteiger partial charge in [-0.05, 0) is 42.9 Å². The molecule has 4 aromatic heterocycles. The van der Waals surface area contributed by atoms with Crippen molar-refractivity contribution in [3.8, 4) is 32.5 Å². The maximum absolute atomic E-state index is 12.1. The fourth-order valence-corrected chi connectivity index (χ4v) is 6.76. The lowest BCUT2D eigenvalue weighted by Gasteiger charge is -2.18. The van der Waals surface area contributed by atoms with E-state index in [9.17, 15) is 4.79 Å². The Labute approximate surface area is 228 Å². The molecule has 1 saturated heterocycles. The molecule has 2 unspecified atom stereocenters. The van der Waals surface area contributed by atoms with E-state index in [0.29, 0.717) is 17.7 Å². The molecule has 2 fully saturated rings. The molecule has 7 rings (SSSR count). The average Bonchev–Trinajstić information content (AvgIpc) is 3.75. The third-order valence-electron chi connectivity index (χ3n) is 7.79. The number of fused-ring (bicyclic) bond motifs is 2. The molecule has 0 bridgehead atoms. The normalized spacial score (nSPS) is 20.4. The van der Waals surface area contributed by atoms with Gasteiger partial charge in [-0.15, -0.1) is 10.2 Å². The van der Waals surface area contributed by atoms with E-state index in [0.717, 1.165) is 69.5 Å². The van der Waals surface area contributed by atoms with E-state index < -0.39 is 0 Å². The van der Waals surface area contributed by atoms with Gasteiger partial charge < -0.3 is 10.6 Å². The molecule has 5 aromatic rings. The summed E-state index contributed by atoms with van der Waals surface area (Å²) in [7, 11) is 0. The van der Waals surface area contributed by atoms with Gasteiger partial charge in [-0.25, -0.2) is 14.6 Å². The number of benzene rings is 1. The molecule has 39 heavy (non-hydrogen) atoms. The number of carbonyl (C=O) groups excluding carboxylic acids is 1. The number of carbonyl (C=O) groups is 1. The number of nitrogens with two attached hydrogens (primary N) is 1. The van der Waals surface area contributed by atoms with Crippen molar-refractivity contribution in [2.24, 2.45) is 11.8 Å². The first-order chi connectivity index (χ1) is 19.1. The fraction of sp³-hybridized carbons (Fsp3) is 0.250. The number of anilines is 1. The maximum atomic E-state index is 12.1. The minimum Gasteiger partial charge on any atom is -0.383 e. The Bertz CT molecular complexity index is 1680. The number of amides is 1. The highest BCUT2D eigenvalue weighted by Gasteiger charge is 2.43. The molecule has 0 spiro atoms. The Balaban J connectivity index is 1.18. The van der Waals surface area contributed by atoms with Crippen LogP contribution in [0.4, 0.5) is 5.82 Å². The van der Waals surface area contributed by atoms with Crippen molar-refractivity contribution in [3.63, 3.8) is 0 Å². The molecule has 1 amide bonds. The number of hydrogen-bond donors (Lipinski definition) is 1. The van der Waals surface area contributed by atoms with Crippen LogP contribution in [-0.4, -0.2) is 58.8 Å². The van der Waals surface area contributed by atoms with Crippen LogP contribution in [0.3, 0.4) is 0 Å². The second-order valence-electron chi connectivity index (χ2n) is 10.0. The summed E-state index contributed by atoms with van der Waals surface area (Å²) in [6, 6.07) is 14.0. The summed E-state index contributed by atoms with van der Waals surface area (Å²) >= 11 is 1.50. The summed E-state index contributed by atoms with van der Waals surface area (Å²) in [5.41, 5.74) is 10.6. The molecule has 2 N–H and O–H groups in total. The first kappa shape index (κ1) is 23.6. The van der Waals surface area contributed by atoms with E-state index in [1.165, 1.54) is 23.7 Å². The summed E-state index contributed by atoms with van der Waals surface area (Å²) in [6.45, 7) is 5.17. The number of pyridine rings is 1. The highest BCUT2D eigenvalue weighted by molar-refractivity contribution is 7.17. The molecule has 1 aliphatic heterocycles. The maximum Gasteiger partial charge on any atom is 0.245 e. The number of likely N-dealkylation sites (tertiary alicyclic amines) is 1. The van der Waals surface area contributed by atoms with Gasteiger partial charge in [0.1, 0.15) is 28.5 Å². The Morgan fingerprint density at radius 3 is 2.44 bits per heavy atom. The van der Waals surface area contributed by atoms with Gasteiger partial charge in [0.25, 0.3) is 0 Å². The molecule has 1 saturated carbocycles. The molecule has 1 aliphatic carbocycles. The lowest BCUT2D eigenvalue weighted by molar-refractivity contribution is -0.125. The van der Waals surface area contributed by atoms with Crippen LogP contribution in [0, 0.1) is 11.8 Å². The molecule has 10 nitrogen and oxygen atoms in total. The standard InChI is InChI=1S/C28H25N9OS/c1-2-22(38)36-13-18-11-20(12-19(18)14-36)37-26-23(25(29)31-15-32-26)24(35-37)16-6-8-17(9-7-16)27-33-34-28(39-27)21-5-3-4-10-30-21/h2-10,15,18-20H,1,11-14H2,(H2,29,31,32). The van der Waals surface area contributed by atoms with Crippen molar-refractivity contribution < 1.29 is 4.79 Å². The number of nitrogens with zero attached hydrogens (tertiary/aromatic N) is 8. The number of rotatable bonds is 5. The predicted molar refractivity (Wildman–Crippen MR) is 149 cm³/mol. The van der Waals surface area contributed by atoms with Crippen LogP contribution in [-0.2, 0) is 4.79 Å². The van der Waals surface area contributed by atoms with Crippen molar-refractivity contribution in [1.82, 2.24) is 39.8 Å². The predicted octanol–water partition coefficient (Wildman–Crippen LogP) is 4.25. The number of hydrogen-bond acceptors (Lipinski definition) is 9. The van der Waals surface area contributed by atoms with Crippen molar-refractivity contribution in [1.29, 1.82) is 0 Å². The van der Waals surface area contributed by atoms with Gasteiger partial charge >= 0.3 is 0 Å². The van der Waals surface area contributed by atoms with E-state index in [4.69, 9.17) is 10.8 Å². The monoisotopic (exact) mass is 535 g/mol. The summed E-state index contributed by atoms with van der Waals surface area (Å²) < 4.78 is 2.03. The molecule has 2 atom stereocenters. The molecule has 5 heterocycles. The van der Waals surface area contributed by atoms with Crippen LogP contribution in [0.25, 0.3) is 43.6 Å². The third kappa shape index (κ3) is 4.06.